The van der Waals surface area contributed by atoms with Gasteiger partial charge in [-0.2, -0.15) is 8.42 Å². The number of rotatable bonds is 10. The Morgan fingerprint density at radius 3 is 1.86 bits per heavy atom. The normalized spacial score (nSPS) is 15.5. The first-order valence-electron chi connectivity index (χ1n) is 7.63. The fourth-order valence-electron chi connectivity index (χ4n) is 1.72. The summed E-state index contributed by atoms with van der Waals surface area (Å²) in [5, 5.41) is 61.4. The van der Waals surface area contributed by atoms with E-state index in [0.717, 1.165) is 5.56 Å². The zero-order valence-electron chi connectivity index (χ0n) is 14.7. The fourth-order valence-corrected chi connectivity index (χ4v) is 2.65. The number of aryl methyl sites for hydroxylation is 1. The molecule has 1 rings (SSSR count). The molecule has 0 aromatic heterocycles. The lowest BCUT2D eigenvalue weighted by Crippen LogP contribution is -2.48. The summed E-state index contributed by atoms with van der Waals surface area (Å²) in [7, 11) is -4.20. The van der Waals surface area contributed by atoms with Crippen molar-refractivity contribution < 1.29 is 53.2 Å². The Labute approximate surface area is 160 Å². The van der Waals surface area contributed by atoms with Crippen molar-refractivity contribution in [3.05, 3.63) is 39.9 Å². The largest absolute Gasteiger partial charge is 0.388 e. The lowest BCUT2D eigenvalue weighted by molar-refractivity contribution is -0.759. The maximum absolute atomic E-state index is 11.9. The summed E-state index contributed by atoms with van der Waals surface area (Å²) in [6, 6.07) is 5.66. The molecular formula is C14H23NO12S. The summed E-state index contributed by atoms with van der Waals surface area (Å²) >= 11 is 0. The van der Waals surface area contributed by atoms with Crippen molar-refractivity contribution in [2.45, 2.75) is 36.2 Å². The van der Waals surface area contributed by atoms with Gasteiger partial charge in [0.05, 0.1) is 11.5 Å². The van der Waals surface area contributed by atoms with Crippen LogP contribution >= 0.6 is 0 Å². The van der Waals surface area contributed by atoms with Crippen LogP contribution < -0.4 is 0 Å². The van der Waals surface area contributed by atoms with Gasteiger partial charge in [0.1, 0.15) is 37.8 Å². The Hall–Kier alpha value is -1.91. The molecule has 0 spiro atoms. The van der Waals surface area contributed by atoms with E-state index >= 15 is 0 Å². The van der Waals surface area contributed by atoms with Gasteiger partial charge in [-0.05, 0) is 19.1 Å². The number of hydrogen-bond donors (Lipinski definition) is 6. The average molecular weight is 429 g/mol. The van der Waals surface area contributed by atoms with Crippen LogP contribution in [0.15, 0.2) is 29.2 Å². The molecule has 14 heteroatoms. The summed E-state index contributed by atoms with van der Waals surface area (Å²) in [6.45, 7) is -0.843. The lowest BCUT2D eigenvalue weighted by atomic mass is 10.0. The van der Waals surface area contributed by atoms with Crippen molar-refractivity contribution >= 4 is 10.1 Å². The Kier molecular flexibility index (Phi) is 11.7. The van der Waals surface area contributed by atoms with E-state index in [4.69, 9.17) is 10.2 Å². The molecule has 162 valence electrons. The second-order valence-corrected chi connectivity index (χ2v) is 6.94. The molecule has 0 bridgehead atoms. The summed E-state index contributed by atoms with van der Waals surface area (Å²) in [5.74, 6) is 0. The van der Waals surface area contributed by atoms with Gasteiger partial charge < -0.3 is 35.5 Å². The van der Waals surface area contributed by atoms with Gasteiger partial charge in [0, 0.05) is 0 Å². The van der Waals surface area contributed by atoms with Crippen molar-refractivity contribution in [2.24, 2.45) is 0 Å². The Morgan fingerprint density at radius 2 is 1.43 bits per heavy atom. The van der Waals surface area contributed by atoms with Gasteiger partial charge in [-0.1, -0.05) is 17.7 Å². The standard InChI is InChI=1S/C13H19NO10S.CH4O2/c1-8-2-4-9(5-3-8)25(21,22)24-7-11(16)13(18)12(17)10(15)6-23-14(19)20;2-1-3/h2-5,10-13,15-18H,6-7H2,1H3;2-3H,1H2. The van der Waals surface area contributed by atoms with Gasteiger partial charge >= 0.3 is 0 Å². The Balaban J connectivity index is 0.00000227. The number of aliphatic hydroxyl groups excluding tert-OH is 5. The molecule has 0 aliphatic heterocycles. The van der Waals surface area contributed by atoms with Crippen LogP contribution in [0.25, 0.3) is 0 Å². The van der Waals surface area contributed by atoms with Crippen molar-refractivity contribution in [1.82, 2.24) is 0 Å². The van der Waals surface area contributed by atoms with E-state index in [9.17, 15) is 39.0 Å². The third-order valence-electron chi connectivity index (χ3n) is 3.19. The third-order valence-corrected chi connectivity index (χ3v) is 4.49. The molecule has 0 fully saturated rings. The highest BCUT2D eigenvalue weighted by Gasteiger charge is 2.32. The van der Waals surface area contributed by atoms with E-state index in [1.807, 2.05) is 0 Å². The van der Waals surface area contributed by atoms with E-state index in [0.29, 0.717) is 0 Å². The van der Waals surface area contributed by atoms with Gasteiger partial charge in [-0.3, -0.25) is 4.18 Å². The maximum Gasteiger partial charge on any atom is 0.297 e. The fraction of sp³-hybridized carbons (Fsp3) is 0.571. The molecule has 1 aromatic carbocycles. The van der Waals surface area contributed by atoms with Gasteiger partial charge in [0.25, 0.3) is 15.2 Å². The van der Waals surface area contributed by atoms with Gasteiger partial charge in [0.2, 0.25) is 0 Å². The van der Waals surface area contributed by atoms with Crippen LogP contribution in [-0.2, 0) is 19.1 Å². The zero-order valence-corrected chi connectivity index (χ0v) is 15.5. The van der Waals surface area contributed by atoms with E-state index < -0.39 is 59.6 Å². The van der Waals surface area contributed by atoms with E-state index in [2.05, 4.69) is 9.02 Å². The first kappa shape index (κ1) is 26.1. The quantitative estimate of drug-likeness (QED) is 0.0967. The minimum absolute atomic E-state index is 0.167. The smallest absolute Gasteiger partial charge is 0.297 e. The molecule has 4 unspecified atom stereocenters. The minimum atomic E-state index is -4.20. The van der Waals surface area contributed by atoms with Crippen LogP contribution in [0, 0.1) is 17.0 Å². The molecule has 13 nitrogen and oxygen atoms in total. The first-order valence-corrected chi connectivity index (χ1v) is 9.04. The van der Waals surface area contributed by atoms with Gasteiger partial charge in [0.15, 0.2) is 0 Å². The topological polar surface area (TPSA) is 217 Å². The zero-order chi connectivity index (χ0) is 21.9. The molecule has 6 N–H and O–H groups in total. The van der Waals surface area contributed by atoms with E-state index in [-0.39, 0.29) is 4.90 Å². The first-order chi connectivity index (χ1) is 13.0. The average Bonchev–Trinajstić information content (AvgIpc) is 2.64. The summed E-state index contributed by atoms with van der Waals surface area (Å²) in [5.41, 5.74) is 0.823. The van der Waals surface area contributed by atoms with Crippen LogP contribution in [0.4, 0.5) is 0 Å². The van der Waals surface area contributed by atoms with Gasteiger partial charge in [-0.25, -0.2) is 0 Å². The van der Waals surface area contributed by atoms with Crippen LogP contribution in [0.5, 0.6) is 0 Å². The molecule has 1 aromatic rings. The Bertz CT molecular complexity index is 680. The predicted molar refractivity (Wildman–Crippen MR) is 90.6 cm³/mol. The van der Waals surface area contributed by atoms with Gasteiger partial charge in [-0.15, -0.1) is 10.1 Å². The number of aliphatic hydroxyl groups is 6. The third kappa shape index (κ3) is 9.34. The molecule has 0 aliphatic rings. The number of nitrogens with zero attached hydrogens (tertiary/aromatic N) is 1. The molecule has 0 aliphatic carbocycles. The van der Waals surface area contributed by atoms with E-state index in [1.54, 1.807) is 6.92 Å². The summed E-state index contributed by atoms with van der Waals surface area (Å²) in [4.78, 5) is 13.7. The molecule has 0 saturated carbocycles. The molecule has 28 heavy (non-hydrogen) atoms. The van der Waals surface area contributed by atoms with E-state index in [1.165, 1.54) is 24.3 Å². The molecule has 0 saturated heterocycles. The van der Waals surface area contributed by atoms with Crippen LogP contribution in [0.1, 0.15) is 5.56 Å². The minimum Gasteiger partial charge on any atom is -0.388 e. The summed E-state index contributed by atoms with van der Waals surface area (Å²) in [6.07, 6.45) is -7.83. The highest BCUT2D eigenvalue weighted by Crippen LogP contribution is 2.15. The maximum atomic E-state index is 11.9. The highest BCUT2D eigenvalue weighted by atomic mass is 32.2. The highest BCUT2D eigenvalue weighted by molar-refractivity contribution is 7.86. The number of benzene rings is 1. The lowest BCUT2D eigenvalue weighted by Gasteiger charge is -2.25. The van der Waals surface area contributed by atoms with Crippen molar-refractivity contribution in [1.29, 1.82) is 0 Å². The molecule has 4 atom stereocenters. The second kappa shape index (κ2) is 12.5. The van der Waals surface area contributed by atoms with Crippen LogP contribution in [0.2, 0.25) is 0 Å². The molecule has 0 radical (unpaired) electrons. The van der Waals surface area contributed by atoms with Crippen LogP contribution in [-0.4, -0.2) is 88.6 Å². The second-order valence-electron chi connectivity index (χ2n) is 5.33. The molecular weight excluding hydrogens is 406 g/mol. The van der Waals surface area contributed by atoms with Crippen molar-refractivity contribution in [3.8, 4) is 0 Å². The molecule has 0 heterocycles. The predicted octanol–water partition coefficient (Wildman–Crippen LogP) is -2.72. The molecule has 0 amide bonds. The number of hydrogen-bond acceptors (Lipinski definition) is 12. The monoisotopic (exact) mass is 429 g/mol. The van der Waals surface area contributed by atoms with Crippen LogP contribution in [0.3, 0.4) is 0 Å². The van der Waals surface area contributed by atoms with Crippen molar-refractivity contribution in [3.63, 3.8) is 0 Å². The van der Waals surface area contributed by atoms with Crippen molar-refractivity contribution in [2.75, 3.05) is 20.0 Å². The Morgan fingerprint density at radius 1 is 1.00 bits per heavy atom. The SMILES string of the molecule is Cc1ccc(S(=O)(=O)OCC(O)C(O)C(O)C(O)CO[N+](=O)[O-])cc1.OCO. The summed E-state index contributed by atoms with van der Waals surface area (Å²) < 4.78 is 28.5.